The number of benzene rings is 1. The number of carbonyl (C=O) groups excluding carboxylic acids is 1. The van der Waals surface area contributed by atoms with Crippen LogP contribution in [0.25, 0.3) is 5.00 Å². The van der Waals surface area contributed by atoms with Gasteiger partial charge in [0.1, 0.15) is 16.4 Å². The Morgan fingerprint density at radius 3 is 2.77 bits per heavy atom. The molecule has 0 unspecified atom stereocenters. The van der Waals surface area contributed by atoms with Gasteiger partial charge in [-0.2, -0.15) is 0 Å². The van der Waals surface area contributed by atoms with E-state index >= 15 is 0 Å². The Morgan fingerprint density at radius 1 is 1.20 bits per heavy atom. The number of rotatable bonds is 3. The predicted octanol–water partition coefficient (Wildman–Crippen LogP) is 4.14. The number of hydrogen-bond acceptors (Lipinski definition) is 6. The standard InChI is InChI=1S/C26H26ClN5O2S/c1-14-30-31-25-26(8-9-26)29-22(17-4-2-3-5-19(17)27)21-18-12-15(13-20(18)35-24(21)32(14)25)23(33)28-16-6-10-34-11-7-16/h2-5,15-16H,6-13H2,1H3,(H,28,33)/t15-/m0/s1. The third-order valence-electron chi connectivity index (χ3n) is 7.75. The second-order valence-electron chi connectivity index (χ2n) is 10.1. The summed E-state index contributed by atoms with van der Waals surface area (Å²) in [5, 5.41) is 14.1. The monoisotopic (exact) mass is 507 g/mol. The molecule has 1 aromatic carbocycles. The average molecular weight is 508 g/mol. The first-order valence-electron chi connectivity index (χ1n) is 12.3. The molecule has 1 atom stereocenters. The number of halogens is 1. The lowest BCUT2D eigenvalue weighted by molar-refractivity contribution is -0.126. The number of nitrogens with one attached hydrogen (secondary N) is 1. The van der Waals surface area contributed by atoms with Crippen molar-refractivity contribution in [2.75, 3.05) is 13.2 Å². The second kappa shape index (κ2) is 7.98. The maximum atomic E-state index is 13.2. The van der Waals surface area contributed by atoms with Crippen LogP contribution in [0.1, 0.15) is 58.9 Å². The van der Waals surface area contributed by atoms with Crippen LogP contribution in [0.2, 0.25) is 5.02 Å². The fraction of sp³-hybridized carbons (Fsp3) is 0.462. The predicted molar refractivity (Wildman–Crippen MR) is 135 cm³/mol. The van der Waals surface area contributed by atoms with Crippen molar-refractivity contribution < 1.29 is 9.53 Å². The number of hydrogen-bond donors (Lipinski definition) is 1. The van der Waals surface area contributed by atoms with Gasteiger partial charge in [-0.25, -0.2) is 0 Å². The molecular weight excluding hydrogens is 482 g/mol. The fourth-order valence-corrected chi connectivity index (χ4v) is 7.38. The van der Waals surface area contributed by atoms with Gasteiger partial charge in [0.05, 0.1) is 5.71 Å². The number of amides is 1. The Bertz CT molecular complexity index is 1380. The summed E-state index contributed by atoms with van der Waals surface area (Å²) in [7, 11) is 0. The Hall–Kier alpha value is -2.55. The molecule has 2 aliphatic heterocycles. The van der Waals surface area contributed by atoms with E-state index in [1.807, 2.05) is 25.1 Å². The normalized spacial score (nSPS) is 22.2. The summed E-state index contributed by atoms with van der Waals surface area (Å²) < 4.78 is 7.65. The molecule has 7 nitrogen and oxygen atoms in total. The number of ether oxygens (including phenoxy) is 1. The first-order valence-corrected chi connectivity index (χ1v) is 13.5. The van der Waals surface area contributed by atoms with Crippen LogP contribution < -0.4 is 5.32 Å². The quantitative estimate of drug-likeness (QED) is 0.577. The van der Waals surface area contributed by atoms with Crippen molar-refractivity contribution in [3.63, 3.8) is 0 Å². The van der Waals surface area contributed by atoms with Gasteiger partial charge in [-0.15, -0.1) is 21.5 Å². The van der Waals surface area contributed by atoms with Crippen LogP contribution in [-0.2, 0) is 27.9 Å². The van der Waals surface area contributed by atoms with Crippen LogP contribution >= 0.6 is 22.9 Å². The zero-order valence-corrected chi connectivity index (χ0v) is 21.1. The molecule has 2 fully saturated rings. The molecule has 1 saturated heterocycles. The zero-order valence-electron chi connectivity index (χ0n) is 19.5. The largest absolute Gasteiger partial charge is 0.381 e. The van der Waals surface area contributed by atoms with Gasteiger partial charge < -0.3 is 10.1 Å². The molecule has 35 heavy (non-hydrogen) atoms. The van der Waals surface area contributed by atoms with Crippen LogP contribution in [0.15, 0.2) is 29.3 Å². The molecule has 1 spiro atoms. The molecule has 180 valence electrons. The Kier molecular flexibility index (Phi) is 4.95. The number of aliphatic imine (C=N–C) groups is 1. The van der Waals surface area contributed by atoms with Crippen LogP contribution in [0.3, 0.4) is 0 Å². The molecule has 1 amide bonds. The van der Waals surface area contributed by atoms with Crippen molar-refractivity contribution in [2.45, 2.75) is 57.0 Å². The minimum Gasteiger partial charge on any atom is -0.381 e. The minimum absolute atomic E-state index is 0.0588. The van der Waals surface area contributed by atoms with Crippen molar-refractivity contribution in [1.82, 2.24) is 20.1 Å². The van der Waals surface area contributed by atoms with Crippen LogP contribution in [0.5, 0.6) is 0 Å². The lowest BCUT2D eigenvalue weighted by atomic mass is 9.97. The third kappa shape index (κ3) is 3.41. The highest BCUT2D eigenvalue weighted by Crippen LogP contribution is 2.54. The molecule has 3 aromatic rings. The van der Waals surface area contributed by atoms with Crippen LogP contribution in [0.4, 0.5) is 0 Å². The first-order chi connectivity index (χ1) is 17.0. The summed E-state index contributed by atoms with van der Waals surface area (Å²) in [5.74, 6) is 1.89. The van der Waals surface area contributed by atoms with Gasteiger partial charge in [0.25, 0.3) is 0 Å². The van der Waals surface area contributed by atoms with Gasteiger partial charge in [0.2, 0.25) is 5.91 Å². The molecule has 4 heterocycles. The molecule has 2 aliphatic carbocycles. The number of fused-ring (bicyclic) bond motifs is 6. The van der Waals surface area contributed by atoms with Crippen molar-refractivity contribution in [3.8, 4) is 5.00 Å². The number of carbonyl (C=O) groups is 1. The summed E-state index contributed by atoms with van der Waals surface area (Å²) in [5.41, 5.74) is 3.85. The molecule has 4 aliphatic rings. The molecule has 1 N–H and O–H groups in total. The Morgan fingerprint density at radius 2 is 2.00 bits per heavy atom. The van der Waals surface area contributed by atoms with Crippen LogP contribution in [-0.4, -0.2) is 45.6 Å². The zero-order chi connectivity index (χ0) is 23.7. The van der Waals surface area contributed by atoms with Gasteiger partial charge in [0, 0.05) is 46.2 Å². The topological polar surface area (TPSA) is 81.4 Å². The van der Waals surface area contributed by atoms with Crippen molar-refractivity contribution >= 4 is 34.6 Å². The highest BCUT2D eigenvalue weighted by molar-refractivity contribution is 7.15. The maximum absolute atomic E-state index is 13.2. The SMILES string of the molecule is Cc1nnc2n1-c1sc3c(c1C(c1ccccc1Cl)=NC21CC1)C[C@H](C(=O)NC1CCOCC1)C3. The van der Waals surface area contributed by atoms with E-state index in [0.29, 0.717) is 11.4 Å². The summed E-state index contributed by atoms with van der Waals surface area (Å²) in [6, 6.07) is 8.14. The molecule has 2 aromatic heterocycles. The molecule has 0 radical (unpaired) electrons. The van der Waals surface area contributed by atoms with Gasteiger partial charge in [-0.3, -0.25) is 14.4 Å². The number of thiophene rings is 1. The average Bonchev–Trinajstić information content (AvgIpc) is 3.19. The molecule has 7 rings (SSSR count). The number of nitrogens with zero attached hydrogens (tertiary/aromatic N) is 4. The van der Waals surface area contributed by atoms with Crippen LogP contribution in [0, 0.1) is 12.8 Å². The molecule has 1 saturated carbocycles. The summed E-state index contributed by atoms with van der Waals surface area (Å²) >= 11 is 8.48. The van der Waals surface area contributed by atoms with E-state index in [9.17, 15) is 4.79 Å². The Labute approximate surface area is 212 Å². The molecular formula is C26H26ClN5O2S. The van der Waals surface area contributed by atoms with E-state index in [2.05, 4.69) is 26.1 Å². The van der Waals surface area contributed by atoms with E-state index in [1.54, 1.807) is 11.3 Å². The smallest absolute Gasteiger partial charge is 0.224 e. The lowest BCUT2D eigenvalue weighted by Crippen LogP contribution is -2.42. The van der Waals surface area contributed by atoms with Gasteiger partial charge in [-0.1, -0.05) is 29.8 Å². The van der Waals surface area contributed by atoms with E-state index in [0.717, 1.165) is 78.8 Å². The maximum Gasteiger partial charge on any atom is 0.224 e. The van der Waals surface area contributed by atoms with Crippen molar-refractivity contribution in [1.29, 1.82) is 0 Å². The molecule has 9 heteroatoms. The summed E-state index contributed by atoms with van der Waals surface area (Å²) in [4.78, 5) is 19.8. The van der Waals surface area contributed by atoms with Gasteiger partial charge in [-0.05, 0) is 57.1 Å². The number of aryl methyl sites for hydroxylation is 1. The lowest BCUT2D eigenvalue weighted by Gasteiger charge is -2.24. The second-order valence-corrected chi connectivity index (χ2v) is 11.6. The number of aromatic nitrogens is 3. The highest BCUT2D eigenvalue weighted by Gasteiger charge is 2.52. The van der Waals surface area contributed by atoms with E-state index in [4.69, 9.17) is 21.3 Å². The van der Waals surface area contributed by atoms with Crippen molar-refractivity contribution in [2.24, 2.45) is 10.9 Å². The minimum atomic E-state index is -0.347. The summed E-state index contributed by atoms with van der Waals surface area (Å²) in [6.07, 6.45) is 5.13. The third-order valence-corrected chi connectivity index (χ3v) is 9.32. The van der Waals surface area contributed by atoms with E-state index < -0.39 is 0 Å². The van der Waals surface area contributed by atoms with Gasteiger partial charge >= 0.3 is 0 Å². The molecule has 0 bridgehead atoms. The summed E-state index contributed by atoms with van der Waals surface area (Å²) in [6.45, 7) is 3.44. The van der Waals surface area contributed by atoms with Gasteiger partial charge in [0.15, 0.2) is 5.82 Å². The highest BCUT2D eigenvalue weighted by atomic mass is 35.5. The van der Waals surface area contributed by atoms with E-state index in [-0.39, 0.29) is 23.4 Å². The Balaban J connectivity index is 1.32. The fourth-order valence-electron chi connectivity index (χ4n) is 5.70. The van der Waals surface area contributed by atoms with Crippen molar-refractivity contribution in [3.05, 3.63) is 62.5 Å². The van der Waals surface area contributed by atoms with E-state index in [1.165, 1.54) is 10.4 Å². The first kappa shape index (κ1) is 21.7.